The first kappa shape index (κ1) is 16.9. The largest absolute Gasteiger partial charge is 0.495 e. The maximum absolute atomic E-state index is 9.61. The van der Waals surface area contributed by atoms with Crippen LogP contribution in [0.5, 0.6) is 11.5 Å². The van der Waals surface area contributed by atoms with Crippen LogP contribution in [0, 0.1) is 5.41 Å². The van der Waals surface area contributed by atoms with Gasteiger partial charge in [-0.1, -0.05) is 25.4 Å². The SMILES string of the molecule is CCC(CC)(CO)CNc1cc(OC)c(Cl)cc1OC. The zero-order valence-electron chi connectivity index (χ0n) is 12.6. The molecule has 114 valence electrons. The van der Waals surface area contributed by atoms with Crippen LogP contribution in [0.25, 0.3) is 0 Å². The average molecular weight is 302 g/mol. The minimum atomic E-state index is -0.127. The summed E-state index contributed by atoms with van der Waals surface area (Å²) in [7, 11) is 3.18. The van der Waals surface area contributed by atoms with Crippen LogP contribution >= 0.6 is 11.6 Å². The molecule has 0 aliphatic heterocycles. The third-order valence-corrected chi connectivity index (χ3v) is 4.26. The average Bonchev–Trinajstić information content (AvgIpc) is 2.49. The Balaban J connectivity index is 2.96. The molecule has 20 heavy (non-hydrogen) atoms. The molecule has 0 saturated carbocycles. The first-order valence-corrected chi connectivity index (χ1v) is 7.19. The molecule has 1 rings (SSSR count). The number of anilines is 1. The summed E-state index contributed by atoms with van der Waals surface area (Å²) in [4.78, 5) is 0. The van der Waals surface area contributed by atoms with Crippen molar-refractivity contribution in [1.82, 2.24) is 0 Å². The minimum Gasteiger partial charge on any atom is -0.495 e. The highest BCUT2D eigenvalue weighted by Gasteiger charge is 2.25. The fourth-order valence-corrected chi connectivity index (χ4v) is 2.29. The van der Waals surface area contributed by atoms with E-state index in [0.29, 0.717) is 23.1 Å². The number of methoxy groups -OCH3 is 2. The summed E-state index contributed by atoms with van der Waals surface area (Å²) in [6.45, 7) is 4.99. The maximum atomic E-state index is 9.61. The molecule has 0 radical (unpaired) electrons. The van der Waals surface area contributed by atoms with Gasteiger partial charge in [0, 0.05) is 24.1 Å². The molecule has 0 fully saturated rings. The topological polar surface area (TPSA) is 50.7 Å². The molecule has 0 heterocycles. The Kier molecular flexibility index (Phi) is 6.43. The highest BCUT2D eigenvalue weighted by Crippen LogP contribution is 2.37. The lowest BCUT2D eigenvalue weighted by Crippen LogP contribution is -2.32. The second kappa shape index (κ2) is 7.60. The molecule has 1 aromatic carbocycles. The van der Waals surface area contributed by atoms with E-state index in [-0.39, 0.29) is 12.0 Å². The second-order valence-electron chi connectivity index (χ2n) is 4.91. The normalized spacial score (nSPS) is 11.3. The summed E-state index contributed by atoms with van der Waals surface area (Å²) in [6.07, 6.45) is 1.81. The number of benzene rings is 1. The molecule has 0 saturated heterocycles. The van der Waals surface area contributed by atoms with Gasteiger partial charge in [-0.2, -0.15) is 0 Å². The van der Waals surface area contributed by atoms with Gasteiger partial charge in [0.05, 0.1) is 31.5 Å². The third-order valence-electron chi connectivity index (χ3n) is 3.96. The lowest BCUT2D eigenvalue weighted by atomic mass is 9.83. The summed E-state index contributed by atoms with van der Waals surface area (Å²) < 4.78 is 10.5. The quantitative estimate of drug-likeness (QED) is 0.771. The molecule has 0 amide bonds. The maximum Gasteiger partial charge on any atom is 0.143 e. The highest BCUT2D eigenvalue weighted by atomic mass is 35.5. The Morgan fingerprint density at radius 2 is 1.75 bits per heavy atom. The van der Waals surface area contributed by atoms with E-state index in [4.69, 9.17) is 21.1 Å². The second-order valence-corrected chi connectivity index (χ2v) is 5.31. The third kappa shape index (κ3) is 3.70. The first-order chi connectivity index (χ1) is 9.55. The predicted octanol–water partition coefficient (Wildman–Crippen LogP) is 3.57. The molecule has 2 N–H and O–H groups in total. The van der Waals surface area contributed by atoms with E-state index < -0.39 is 0 Å². The van der Waals surface area contributed by atoms with Crippen molar-refractivity contribution < 1.29 is 14.6 Å². The van der Waals surface area contributed by atoms with Crippen LogP contribution in [0.1, 0.15) is 26.7 Å². The molecule has 0 aliphatic carbocycles. The molecule has 4 nitrogen and oxygen atoms in total. The zero-order chi connectivity index (χ0) is 15.2. The molecule has 0 atom stereocenters. The van der Waals surface area contributed by atoms with E-state index in [9.17, 15) is 5.11 Å². The van der Waals surface area contributed by atoms with Crippen molar-refractivity contribution >= 4 is 17.3 Å². The number of hydrogen-bond donors (Lipinski definition) is 2. The van der Waals surface area contributed by atoms with E-state index in [0.717, 1.165) is 18.5 Å². The Labute approximate surface area is 126 Å². The van der Waals surface area contributed by atoms with E-state index in [1.54, 1.807) is 20.3 Å². The number of halogens is 1. The van der Waals surface area contributed by atoms with Gasteiger partial charge in [-0.3, -0.25) is 0 Å². The molecule has 1 aromatic rings. The van der Waals surface area contributed by atoms with E-state index >= 15 is 0 Å². The number of nitrogens with one attached hydrogen (secondary N) is 1. The number of ether oxygens (including phenoxy) is 2. The van der Waals surface area contributed by atoms with Gasteiger partial charge in [-0.05, 0) is 12.8 Å². The lowest BCUT2D eigenvalue weighted by molar-refractivity contribution is 0.127. The van der Waals surface area contributed by atoms with Gasteiger partial charge in [0.25, 0.3) is 0 Å². The lowest BCUT2D eigenvalue weighted by Gasteiger charge is -2.30. The Morgan fingerprint density at radius 1 is 1.15 bits per heavy atom. The van der Waals surface area contributed by atoms with Crippen LogP contribution in [0.2, 0.25) is 5.02 Å². The minimum absolute atomic E-state index is 0.127. The number of rotatable bonds is 8. The van der Waals surface area contributed by atoms with Crippen LogP contribution in [0.15, 0.2) is 12.1 Å². The molecule has 0 bridgehead atoms. The highest BCUT2D eigenvalue weighted by molar-refractivity contribution is 6.32. The van der Waals surface area contributed by atoms with Crippen molar-refractivity contribution in [3.63, 3.8) is 0 Å². The summed E-state index contributed by atoms with van der Waals surface area (Å²) >= 11 is 6.08. The number of aliphatic hydroxyl groups is 1. The van der Waals surface area contributed by atoms with E-state index in [2.05, 4.69) is 19.2 Å². The predicted molar refractivity (Wildman–Crippen MR) is 83.1 cm³/mol. The Morgan fingerprint density at radius 3 is 2.20 bits per heavy atom. The molecular formula is C15H24ClNO3. The fourth-order valence-electron chi connectivity index (χ4n) is 2.06. The zero-order valence-corrected chi connectivity index (χ0v) is 13.4. The van der Waals surface area contributed by atoms with Gasteiger partial charge in [0.15, 0.2) is 0 Å². The first-order valence-electron chi connectivity index (χ1n) is 6.82. The molecule has 0 spiro atoms. The van der Waals surface area contributed by atoms with Gasteiger partial charge in [0.1, 0.15) is 11.5 Å². The van der Waals surface area contributed by atoms with Crippen LogP contribution in [0.4, 0.5) is 5.69 Å². The smallest absolute Gasteiger partial charge is 0.143 e. The van der Waals surface area contributed by atoms with Crippen LogP contribution < -0.4 is 14.8 Å². The van der Waals surface area contributed by atoms with E-state index in [1.165, 1.54) is 0 Å². The molecule has 0 aromatic heterocycles. The van der Waals surface area contributed by atoms with Gasteiger partial charge >= 0.3 is 0 Å². The number of hydrogen-bond acceptors (Lipinski definition) is 4. The molecular weight excluding hydrogens is 278 g/mol. The Hall–Kier alpha value is -1.13. The fraction of sp³-hybridized carbons (Fsp3) is 0.600. The van der Waals surface area contributed by atoms with Crippen LogP contribution in [-0.4, -0.2) is 32.5 Å². The molecule has 0 aliphatic rings. The van der Waals surface area contributed by atoms with Gasteiger partial charge < -0.3 is 19.9 Å². The van der Waals surface area contributed by atoms with Crippen molar-refractivity contribution in [1.29, 1.82) is 0 Å². The monoisotopic (exact) mass is 301 g/mol. The van der Waals surface area contributed by atoms with E-state index in [1.807, 2.05) is 6.07 Å². The standard InChI is InChI=1S/C15H24ClNO3/c1-5-15(6-2,10-18)9-17-12-8-13(19-3)11(16)7-14(12)20-4/h7-8,17-18H,5-6,9-10H2,1-4H3. The Bertz CT molecular complexity index is 425. The summed E-state index contributed by atoms with van der Waals surface area (Å²) in [6, 6.07) is 3.54. The van der Waals surface area contributed by atoms with Crippen molar-refractivity contribution in [2.45, 2.75) is 26.7 Å². The van der Waals surface area contributed by atoms with Crippen molar-refractivity contribution in [3.8, 4) is 11.5 Å². The van der Waals surface area contributed by atoms with Gasteiger partial charge in [0.2, 0.25) is 0 Å². The molecule has 0 unspecified atom stereocenters. The van der Waals surface area contributed by atoms with Crippen LogP contribution in [0.3, 0.4) is 0 Å². The molecule has 5 heteroatoms. The van der Waals surface area contributed by atoms with Crippen molar-refractivity contribution in [3.05, 3.63) is 17.2 Å². The van der Waals surface area contributed by atoms with Crippen molar-refractivity contribution in [2.75, 3.05) is 32.7 Å². The van der Waals surface area contributed by atoms with Crippen molar-refractivity contribution in [2.24, 2.45) is 5.41 Å². The summed E-state index contributed by atoms with van der Waals surface area (Å²) in [5.74, 6) is 1.26. The summed E-state index contributed by atoms with van der Waals surface area (Å²) in [5, 5.41) is 13.5. The summed E-state index contributed by atoms with van der Waals surface area (Å²) in [5.41, 5.74) is 0.686. The van der Waals surface area contributed by atoms with Crippen LogP contribution in [-0.2, 0) is 0 Å². The van der Waals surface area contributed by atoms with Gasteiger partial charge in [-0.15, -0.1) is 0 Å². The number of aliphatic hydroxyl groups excluding tert-OH is 1. The van der Waals surface area contributed by atoms with Gasteiger partial charge in [-0.25, -0.2) is 0 Å².